The fraction of sp³-hybridized carbons (Fsp3) is 0.174. The Bertz CT molecular complexity index is 1170. The van der Waals surface area contributed by atoms with E-state index in [0.717, 1.165) is 11.3 Å². The SMILES string of the molecule is Cc1ccccc1NC(=O)C1c2cccc[n+]2CC(=O)N1c1ccc2c(c1)OCO2.[I-]. The zero-order valence-corrected chi connectivity index (χ0v) is 18.9. The van der Waals surface area contributed by atoms with E-state index in [1.54, 1.807) is 18.2 Å². The molecule has 3 aromatic rings. The number of aromatic nitrogens is 1. The number of ether oxygens (including phenoxy) is 2. The predicted molar refractivity (Wildman–Crippen MR) is 109 cm³/mol. The van der Waals surface area contributed by atoms with Crippen LogP contribution in [0.25, 0.3) is 0 Å². The standard InChI is InChI=1S/C23H19N3O4.HI/c1-15-6-2-3-7-17(15)24-23(28)22-18-8-4-5-11-25(18)13-21(27)26(22)16-9-10-19-20(12-16)30-14-29-19;/h2-12,22H,13-14H2,1H3;1H. The third-order valence-electron chi connectivity index (χ3n) is 5.37. The zero-order chi connectivity index (χ0) is 20.7. The molecule has 0 saturated heterocycles. The van der Waals surface area contributed by atoms with Gasteiger partial charge in [0.05, 0.1) is 0 Å². The van der Waals surface area contributed by atoms with Crippen molar-refractivity contribution in [1.82, 2.24) is 0 Å². The number of hydrogen-bond acceptors (Lipinski definition) is 4. The maximum Gasteiger partial charge on any atom is 0.294 e. The van der Waals surface area contributed by atoms with Crippen molar-refractivity contribution in [3.63, 3.8) is 0 Å². The molecule has 0 saturated carbocycles. The van der Waals surface area contributed by atoms with E-state index in [2.05, 4.69) is 5.32 Å². The van der Waals surface area contributed by atoms with Gasteiger partial charge < -0.3 is 38.8 Å². The topological polar surface area (TPSA) is 71.8 Å². The van der Waals surface area contributed by atoms with E-state index in [-0.39, 0.29) is 49.1 Å². The highest BCUT2D eigenvalue weighted by molar-refractivity contribution is 6.05. The van der Waals surface area contributed by atoms with E-state index in [1.165, 1.54) is 4.90 Å². The fourth-order valence-corrected chi connectivity index (χ4v) is 3.87. The van der Waals surface area contributed by atoms with Crippen LogP contribution in [0, 0.1) is 6.92 Å². The molecule has 158 valence electrons. The second-order valence-corrected chi connectivity index (χ2v) is 7.26. The monoisotopic (exact) mass is 529 g/mol. The molecule has 2 amide bonds. The number of rotatable bonds is 3. The van der Waals surface area contributed by atoms with Crippen molar-refractivity contribution in [3.05, 3.63) is 78.1 Å². The maximum atomic E-state index is 13.5. The molecule has 2 aliphatic rings. The summed E-state index contributed by atoms with van der Waals surface area (Å²) < 4.78 is 12.7. The van der Waals surface area contributed by atoms with E-state index >= 15 is 0 Å². The molecular formula is C23H20IN3O4. The number of fused-ring (bicyclic) bond motifs is 2. The molecule has 2 aliphatic heterocycles. The minimum atomic E-state index is -0.826. The molecule has 2 aromatic carbocycles. The normalized spacial score (nSPS) is 16.4. The van der Waals surface area contributed by atoms with Gasteiger partial charge in [0.2, 0.25) is 25.1 Å². The molecule has 0 bridgehead atoms. The van der Waals surface area contributed by atoms with Crippen LogP contribution < -0.4 is 48.2 Å². The molecule has 0 aliphatic carbocycles. The van der Waals surface area contributed by atoms with E-state index in [0.29, 0.717) is 22.9 Å². The smallest absolute Gasteiger partial charge is 0.294 e. The van der Waals surface area contributed by atoms with Gasteiger partial charge in [-0.3, -0.25) is 14.5 Å². The molecule has 1 N–H and O–H groups in total. The minimum Gasteiger partial charge on any atom is -1.00 e. The number of pyridine rings is 1. The number of aryl methyl sites for hydroxylation is 1. The van der Waals surface area contributed by atoms with Crippen LogP contribution in [0.3, 0.4) is 0 Å². The van der Waals surface area contributed by atoms with Crippen LogP contribution in [0.1, 0.15) is 17.3 Å². The molecule has 1 unspecified atom stereocenters. The molecule has 0 radical (unpaired) electrons. The van der Waals surface area contributed by atoms with Gasteiger partial charge in [-0.2, -0.15) is 4.57 Å². The Morgan fingerprint density at radius 1 is 1.06 bits per heavy atom. The van der Waals surface area contributed by atoms with E-state index in [4.69, 9.17) is 9.47 Å². The van der Waals surface area contributed by atoms with Gasteiger partial charge in [-0.25, -0.2) is 0 Å². The molecule has 5 rings (SSSR count). The quantitative estimate of drug-likeness (QED) is 0.375. The highest BCUT2D eigenvalue weighted by Crippen LogP contribution is 2.38. The summed E-state index contributed by atoms with van der Waals surface area (Å²) in [5, 5.41) is 2.99. The van der Waals surface area contributed by atoms with Gasteiger partial charge >= 0.3 is 0 Å². The van der Waals surface area contributed by atoms with Gasteiger partial charge in [0.1, 0.15) is 0 Å². The van der Waals surface area contributed by atoms with Crippen LogP contribution >= 0.6 is 0 Å². The average Bonchev–Trinajstić information content (AvgIpc) is 3.22. The molecule has 8 heteroatoms. The van der Waals surface area contributed by atoms with Crippen molar-refractivity contribution in [2.24, 2.45) is 0 Å². The van der Waals surface area contributed by atoms with Crippen LogP contribution in [-0.2, 0) is 16.1 Å². The summed E-state index contributed by atoms with van der Waals surface area (Å²) in [6.07, 6.45) is 1.82. The number of carbonyl (C=O) groups excluding carboxylic acids is 2. The van der Waals surface area contributed by atoms with Crippen molar-refractivity contribution in [1.29, 1.82) is 0 Å². The predicted octanol–water partition coefficient (Wildman–Crippen LogP) is -0.258. The molecule has 1 atom stereocenters. The third kappa shape index (κ3) is 3.83. The second-order valence-electron chi connectivity index (χ2n) is 7.26. The highest BCUT2D eigenvalue weighted by Gasteiger charge is 2.44. The Labute approximate surface area is 196 Å². The first-order valence-electron chi connectivity index (χ1n) is 9.68. The molecule has 0 fully saturated rings. The first-order chi connectivity index (χ1) is 14.6. The molecule has 31 heavy (non-hydrogen) atoms. The average molecular weight is 529 g/mol. The molecule has 1 aromatic heterocycles. The zero-order valence-electron chi connectivity index (χ0n) is 16.7. The summed E-state index contributed by atoms with van der Waals surface area (Å²) in [6, 6.07) is 17.6. The summed E-state index contributed by atoms with van der Waals surface area (Å²) in [5.41, 5.74) is 2.99. The Hall–Kier alpha value is -3.14. The van der Waals surface area contributed by atoms with Crippen molar-refractivity contribution in [2.75, 3.05) is 17.0 Å². The number of hydrogen-bond donors (Lipinski definition) is 1. The van der Waals surface area contributed by atoms with Crippen molar-refractivity contribution >= 4 is 23.2 Å². The van der Waals surface area contributed by atoms with Gasteiger partial charge in [0.15, 0.2) is 17.7 Å². The van der Waals surface area contributed by atoms with Crippen LogP contribution in [0.15, 0.2) is 66.9 Å². The lowest BCUT2D eigenvalue weighted by Gasteiger charge is -2.32. The Kier molecular flexibility index (Phi) is 5.81. The summed E-state index contributed by atoms with van der Waals surface area (Å²) in [4.78, 5) is 28.1. The first kappa shape index (κ1) is 21.1. The lowest BCUT2D eigenvalue weighted by molar-refractivity contribution is -0.695. The summed E-state index contributed by atoms with van der Waals surface area (Å²) >= 11 is 0. The van der Waals surface area contributed by atoms with Crippen LogP contribution in [0.2, 0.25) is 0 Å². The molecular weight excluding hydrogens is 509 g/mol. The minimum absolute atomic E-state index is 0. The van der Waals surface area contributed by atoms with Crippen molar-refractivity contribution in [3.8, 4) is 11.5 Å². The van der Waals surface area contributed by atoms with Crippen molar-refractivity contribution in [2.45, 2.75) is 19.5 Å². The molecule has 7 nitrogen and oxygen atoms in total. The largest absolute Gasteiger partial charge is 1.00 e. The molecule has 0 spiro atoms. The van der Waals surface area contributed by atoms with Crippen LogP contribution in [0.4, 0.5) is 11.4 Å². The lowest BCUT2D eigenvalue weighted by Crippen LogP contribution is -3.00. The van der Waals surface area contributed by atoms with Gasteiger partial charge in [0, 0.05) is 29.6 Å². The lowest BCUT2D eigenvalue weighted by atomic mass is 10.0. The van der Waals surface area contributed by atoms with Gasteiger partial charge in [-0.1, -0.05) is 24.3 Å². The van der Waals surface area contributed by atoms with E-state index in [1.807, 2.05) is 60.2 Å². The van der Waals surface area contributed by atoms with Gasteiger partial charge in [-0.15, -0.1) is 0 Å². The highest BCUT2D eigenvalue weighted by atomic mass is 127. The number of amides is 2. The number of nitrogens with zero attached hydrogens (tertiary/aromatic N) is 2. The third-order valence-corrected chi connectivity index (χ3v) is 5.37. The van der Waals surface area contributed by atoms with Crippen LogP contribution in [0.5, 0.6) is 11.5 Å². The number of carbonyl (C=O) groups is 2. The number of halogens is 1. The van der Waals surface area contributed by atoms with Crippen LogP contribution in [-0.4, -0.2) is 18.6 Å². The number of para-hydroxylation sites is 1. The summed E-state index contributed by atoms with van der Waals surface area (Å²) in [7, 11) is 0. The fourth-order valence-electron chi connectivity index (χ4n) is 3.87. The van der Waals surface area contributed by atoms with Gasteiger partial charge in [-0.05, 0) is 30.7 Å². The number of nitrogens with one attached hydrogen (secondary N) is 1. The summed E-state index contributed by atoms with van der Waals surface area (Å²) in [6.45, 7) is 2.22. The van der Waals surface area contributed by atoms with E-state index < -0.39 is 6.04 Å². The first-order valence-corrected chi connectivity index (χ1v) is 9.68. The maximum absolute atomic E-state index is 13.5. The van der Waals surface area contributed by atoms with E-state index in [9.17, 15) is 9.59 Å². The van der Waals surface area contributed by atoms with Crippen molar-refractivity contribution < 1.29 is 47.6 Å². The van der Waals surface area contributed by atoms with Gasteiger partial charge in [0.25, 0.3) is 11.8 Å². The molecule has 3 heterocycles. The Morgan fingerprint density at radius 3 is 2.68 bits per heavy atom. The summed E-state index contributed by atoms with van der Waals surface area (Å²) in [5.74, 6) is 0.723. The Balaban J connectivity index is 0.00000231. The number of benzene rings is 2. The second kappa shape index (κ2) is 8.54. The Morgan fingerprint density at radius 2 is 1.84 bits per heavy atom. The number of anilines is 2.